The largest absolute Gasteiger partial charge is 0.353 e. The Labute approximate surface area is 183 Å². The van der Waals surface area contributed by atoms with E-state index in [-0.39, 0.29) is 41.5 Å². The second kappa shape index (κ2) is 8.50. The lowest BCUT2D eigenvalue weighted by Gasteiger charge is -2.33. The third-order valence-corrected chi connectivity index (χ3v) is 9.67. The number of fused-ring (bicyclic) bond motifs is 2. The quantitative estimate of drug-likeness (QED) is 0.530. The fourth-order valence-corrected chi connectivity index (χ4v) is 7.55. The predicted molar refractivity (Wildman–Crippen MR) is 116 cm³/mol. The molecule has 9 heteroatoms. The number of nitro benzene ring substituents is 1. The molecule has 1 aromatic carbocycles. The molecule has 1 aliphatic heterocycles. The minimum atomic E-state index is -3.84. The first-order valence-corrected chi connectivity index (χ1v) is 12.7. The van der Waals surface area contributed by atoms with Crippen molar-refractivity contribution in [2.24, 2.45) is 23.7 Å². The number of carbonyl (C=O) groups excluding carboxylic acids is 1. The van der Waals surface area contributed by atoms with Crippen molar-refractivity contribution >= 4 is 21.6 Å². The number of hydrogen-bond donors (Lipinski definition) is 1. The fourth-order valence-electron chi connectivity index (χ4n) is 5.83. The summed E-state index contributed by atoms with van der Waals surface area (Å²) in [5.74, 6) is 1.98. The number of rotatable bonds is 6. The minimum Gasteiger partial charge on any atom is -0.353 e. The number of non-ortho nitro benzene ring substituents is 1. The number of amides is 1. The van der Waals surface area contributed by atoms with E-state index in [0.29, 0.717) is 24.3 Å². The van der Waals surface area contributed by atoms with Gasteiger partial charge in [-0.3, -0.25) is 14.9 Å². The lowest BCUT2D eigenvalue weighted by Crippen LogP contribution is -2.47. The van der Waals surface area contributed by atoms with E-state index in [4.69, 9.17) is 0 Å². The van der Waals surface area contributed by atoms with E-state index < -0.39 is 14.9 Å². The highest BCUT2D eigenvalue weighted by Crippen LogP contribution is 2.49. The van der Waals surface area contributed by atoms with Crippen LogP contribution in [0.1, 0.15) is 51.0 Å². The van der Waals surface area contributed by atoms with Crippen LogP contribution in [0.3, 0.4) is 0 Å². The average molecular weight is 450 g/mol. The van der Waals surface area contributed by atoms with Gasteiger partial charge in [-0.05, 0) is 69.3 Å². The highest BCUT2D eigenvalue weighted by atomic mass is 32.2. The Kier molecular flexibility index (Phi) is 6.09. The molecule has 1 saturated heterocycles. The number of nitrogens with one attached hydrogen (secondary N) is 1. The molecule has 2 saturated carbocycles. The summed E-state index contributed by atoms with van der Waals surface area (Å²) in [5.41, 5.74) is 0.234. The van der Waals surface area contributed by atoms with Crippen molar-refractivity contribution in [3.8, 4) is 0 Å². The van der Waals surface area contributed by atoms with Crippen LogP contribution in [-0.2, 0) is 14.8 Å². The average Bonchev–Trinajstić information content (AvgIpc) is 3.37. The third kappa shape index (κ3) is 4.35. The van der Waals surface area contributed by atoms with E-state index in [0.717, 1.165) is 17.9 Å². The standard InChI is InChI=1S/C22H31N3O5S/c1-14-3-6-19(25(27)28)13-21(14)31(29,30)24-9-7-17(8-10-24)22(26)23-15(2)20-12-16-4-5-18(20)11-16/h3,6,13,15-18,20H,4-5,7-12H2,1-2H3,(H,23,26)/t15-,16+,18+,20-/m1/s1. The van der Waals surface area contributed by atoms with Crippen LogP contribution in [-0.4, -0.2) is 42.7 Å². The van der Waals surface area contributed by atoms with E-state index >= 15 is 0 Å². The number of nitro groups is 1. The zero-order valence-corrected chi connectivity index (χ0v) is 18.9. The van der Waals surface area contributed by atoms with Gasteiger partial charge < -0.3 is 5.32 Å². The van der Waals surface area contributed by atoms with Gasteiger partial charge in [0.15, 0.2) is 0 Å². The van der Waals surface area contributed by atoms with Crippen LogP contribution in [0.5, 0.6) is 0 Å². The number of piperidine rings is 1. The molecule has 3 aliphatic rings. The van der Waals surface area contributed by atoms with Crippen molar-refractivity contribution < 1.29 is 18.1 Å². The molecule has 0 radical (unpaired) electrons. The summed E-state index contributed by atoms with van der Waals surface area (Å²) >= 11 is 0. The van der Waals surface area contributed by atoms with E-state index in [1.54, 1.807) is 6.92 Å². The maximum atomic E-state index is 13.1. The Morgan fingerprint density at radius 3 is 2.48 bits per heavy atom. The van der Waals surface area contributed by atoms with Gasteiger partial charge in [0.1, 0.15) is 0 Å². The van der Waals surface area contributed by atoms with Gasteiger partial charge in [-0.1, -0.05) is 12.5 Å². The van der Waals surface area contributed by atoms with Crippen molar-refractivity contribution in [2.75, 3.05) is 13.1 Å². The van der Waals surface area contributed by atoms with E-state index in [9.17, 15) is 23.3 Å². The predicted octanol–water partition coefficient (Wildman–Crippen LogP) is 3.24. The highest BCUT2D eigenvalue weighted by molar-refractivity contribution is 7.89. The van der Waals surface area contributed by atoms with Crippen LogP contribution in [0.25, 0.3) is 0 Å². The minimum absolute atomic E-state index is 0.0267. The lowest BCUT2D eigenvalue weighted by molar-refractivity contribution is -0.385. The van der Waals surface area contributed by atoms with Crippen LogP contribution in [0, 0.1) is 40.7 Å². The molecule has 0 spiro atoms. The van der Waals surface area contributed by atoms with Gasteiger partial charge in [-0.2, -0.15) is 4.31 Å². The van der Waals surface area contributed by atoms with Crippen LogP contribution >= 0.6 is 0 Å². The summed E-state index contributed by atoms with van der Waals surface area (Å²) < 4.78 is 27.5. The van der Waals surface area contributed by atoms with E-state index in [2.05, 4.69) is 12.2 Å². The summed E-state index contributed by atoms with van der Waals surface area (Å²) in [6.07, 6.45) is 6.05. The van der Waals surface area contributed by atoms with Crippen LogP contribution in [0.2, 0.25) is 0 Å². The van der Waals surface area contributed by atoms with Gasteiger partial charge in [0.25, 0.3) is 5.69 Å². The Bertz CT molecular complexity index is 971. The number of aryl methyl sites for hydroxylation is 1. The normalized spacial score (nSPS) is 27.9. The topological polar surface area (TPSA) is 110 Å². The maximum Gasteiger partial charge on any atom is 0.270 e. The second-order valence-corrected chi connectivity index (χ2v) is 11.4. The first-order valence-electron chi connectivity index (χ1n) is 11.2. The number of benzene rings is 1. The number of sulfonamides is 1. The zero-order valence-electron chi connectivity index (χ0n) is 18.1. The van der Waals surface area contributed by atoms with Crippen molar-refractivity contribution in [1.29, 1.82) is 0 Å². The Morgan fingerprint density at radius 2 is 1.90 bits per heavy atom. The molecule has 31 heavy (non-hydrogen) atoms. The van der Waals surface area contributed by atoms with Crippen LogP contribution < -0.4 is 5.32 Å². The molecule has 1 aromatic rings. The van der Waals surface area contributed by atoms with Gasteiger partial charge >= 0.3 is 0 Å². The molecule has 0 aromatic heterocycles. The van der Waals surface area contributed by atoms with Gasteiger partial charge in [0.2, 0.25) is 15.9 Å². The van der Waals surface area contributed by atoms with Gasteiger partial charge in [0, 0.05) is 37.2 Å². The molecule has 2 aliphatic carbocycles. The molecule has 8 nitrogen and oxygen atoms in total. The lowest BCUT2D eigenvalue weighted by atomic mass is 9.83. The third-order valence-electron chi connectivity index (χ3n) is 7.63. The summed E-state index contributed by atoms with van der Waals surface area (Å²) in [6.45, 7) is 4.22. The van der Waals surface area contributed by atoms with Gasteiger partial charge in [0.05, 0.1) is 9.82 Å². The fraction of sp³-hybridized carbons (Fsp3) is 0.682. The van der Waals surface area contributed by atoms with Crippen LogP contribution in [0.15, 0.2) is 23.1 Å². The van der Waals surface area contributed by atoms with Gasteiger partial charge in [-0.25, -0.2) is 8.42 Å². The number of hydrogen-bond acceptors (Lipinski definition) is 5. The molecule has 2 bridgehead atoms. The van der Waals surface area contributed by atoms with Crippen molar-refractivity contribution in [2.45, 2.75) is 63.3 Å². The molecule has 3 fully saturated rings. The number of nitrogens with zero attached hydrogens (tertiary/aromatic N) is 2. The number of carbonyl (C=O) groups is 1. The van der Waals surface area contributed by atoms with Crippen molar-refractivity contribution in [1.82, 2.24) is 9.62 Å². The molecular formula is C22H31N3O5S. The van der Waals surface area contributed by atoms with E-state index in [1.807, 2.05) is 0 Å². The summed E-state index contributed by atoms with van der Waals surface area (Å²) in [6, 6.07) is 4.06. The maximum absolute atomic E-state index is 13.1. The van der Waals surface area contributed by atoms with Gasteiger partial charge in [-0.15, -0.1) is 0 Å². The zero-order chi connectivity index (χ0) is 22.3. The van der Waals surface area contributed by atoms with Crippen LogP contribution in [0.4, 0.5) is 5.69 Å². The molecular weight excluding hydrogens is 418 g/mol. The Morgan fingerprint density at radius 1 is 1.19 bits per heavy atom. The molecule has 0 unspecified atom stereocenters. The van der Waals surface area contributed by atoms with E-state index in [1.165, 1.54) is 42.1 Å². The Hall–Kier alpha value is -2.00. The van der Waals surface area contributed by atoms with Crippen molar-refractivity contribution in [3.05, 3.63) is 33.9 Å². The first-order chi connectivity index (χ1) is 14.7. The summed E-state index contributed by atoms with van der Waals surface area (Å²) in [5, 5.41) is 14.3. The second-order valence-electron chi connectivity index (χ2n) is 9.52. The molecule has 1 amide bonds. The summed E-state index contributed by atoms with van der Waals surface area (Å²) in [4.78, 5) is 23.3. The summed E-state index contributed by atoms with van der Waals surface area (Å²) in [7, 11) is -3.84. The first kappa shape index (κ1) is 22.2. The SMILES string of the molecule is Cc1ccc([N+](=O)[O-])cc1S(=O)(=O)N1CCC(C(=O)N[C@H](C)[C@H]2C[C@H]3CC[C@H]2C3)CC1. The smallest absolute Gasteiger partial charge is 0.270 e. The molecule has 4 atom stereocenters. The van der Waals surface area contributed by atoms with Crippen molar-refractivity contribution in [3.63, 3.8) is 0 Å². The monoisotopic (exact) mass is 449 g/mol. The molecule has 1 N–H and O–H groups in total. The molecule has 4 rings (SSSR count). The highest BCUT2D eigenvalue weighted by Gasteiger charge is 2.42. The molecule has 170 valence electrons. The Balaban J connectivity index is 1.36. The molecule has 1 heterocycles.